The van der Waals surface area contributed by atoms with Gasteiger partial charge in [0.05, 0.1) is 18.7 Å². The first kappa shape index (κ1) is 10.7. The van der Waals surface area contributed by atoms with E-state index < -0.39 is 0 Å². The van der Waals surface area contributed by atoms with Gasteiger partial charge in [-0.25, -0.2) is 9.80 Å². The highest BCUT2D eigenvalue weighted by molar-refractivity contribution is 5.89. The summed E-state index contributed by atoms with van der Waals surface area (Å²) in [7, 11) is 3.35. The van der Waals surface area contributed by atoms with Gasteiger partial charge in [-0.1, -0.05) is 12.1 Å². The smallest absolute Gasteiger partial charge is 0.337 e. The van der Waals surface area contributed by atoms with Gasteiger partial charge in [-0.2, -0.15) is 0 Å². The minimum absolute atomic E-state index is 0.215. The zero-order valence-corrected chi connectivity index (χ0v) is 9.31. The molecule has 0 radical (unpaired) electrons. The third-order valence-corrected chi connectivity index (χ3v) is 2.65. The molecule has 0 bridgehead atoms. The van der Waals surface area contributed by atoms with Crippen LogP contribution < -0.4 is 5.43 Å². The molecule has 4 nitrogen and oxygen atoms in total. The number of carbonyl (C=O) groups is 1. The Bertz CT molecular complexity index is 412. The fourth-order valence-electron chi connectivity index (χ4n) is 1.73. The van der Waals surface area contributed by atoms with Crippen molar-refractivity contribution in [3.63, 3.8) is 0 Å². The maximum Gasteiger partial charge on any atom is 0.337 e. The van der Waals surface area contributed by atoms with Gasteiger partial charge in [0.1, 0.15) is 0 Å². The lowest BCUT2D eigenvalue weighted by Crippen LogP contribution is -2.27. The Kier molecular flexibility index (Phi) is 2.92. The van der Waals surface area contributed by atoms with Gasteiger partial charge in [0.25, 0.3) is 0 Å². The maximum atomic E-state index is 11.3. The highest BCUT2D eigenvalue weighted by Gasteiger charge is 2.17. The van der Waals surface area contributed by atoms with Gasteiger partial charge in [-0.3, -0.25) is 0 Å². The van der Waals surface area contributed by atoms with Crippen LogP contribution in [-0.4, -0.2) is 25.1 Å². The summed E-state index contributed by atoms with van der Waals surface area (Å²) in [6, 6.07) is 7.64. The third-order valence-electron chi connectivity index (χ3n) is 2.65. The molecule has 0 amide bonds. The van der Waals surface area contributed by atoms with E-state index in [4.69, 9.17) is 0 Å². The topological polar surface area (TPSA) is 41.6 Å². The second kappa shape index (κ2) is 4.37. The molecule has 1 aliphatic rings. The number of carbonyl (C=O) groups excluding carboxylic acids is 1. The zero-order valence-electron chi connectivity index (χ0n) is 9.31. The number of ether oxygens (including phenoxy) is 1. The molecule has 0 saturated heterocycles. The zero-order chi connectivity index (χ0) is 11.5. The van der Waals surface area contributed by atoms with Gasteiger partial charge < -0.3 is 10.2 Å². The van der Waals surface area contributed by atoms with Crippen LogP contribution in [0.4, 0.5) is 0 Å². The molecule has 0 spiro atoms. The van der Waals surface area contributed by atoms with Gasteiger partial charge in [-0.15, -0.1) is 0 Å². The minimum atomic E-state index is -0.306. The Morgan fingerprint density at radius 3 is 2.56 bits per heavy atom. The van der Waals surface area contributed by atoms with E-state index in [0.29, 0.717) is 5.56 Å². The summed E-state index contributed by atoms with van der Waals surface area (Å²) in [5.41, 5.74) is 4.79. The predicted molar refractivity (Wildman–Crippen MR) is 60.6 cm³/mol. The average Bonchev–Trinajstić information content (AvgIpc) is 2.75. The standard InChI is InChI=1S/C12H14N2O2/c1-14-11(7-8-13-14)9-3-5-10(6-4-9)12(15)16-2/h3-8,11,13H,1-2H3. The Morgan fingerprint density at radius 2 is 2.06 bits per heavy atom. The van der Waals surface area contributed by atoms with Gasteiger partial charge in [0.15, 0.2) is 0 Å². The third kappa shape index (κ3) is 1.92. The van der Waals surface area contributed by atoms with Crippen LogP contribution in [0.2, 0.25) is 0 Å². The Morgan fingerprint density at radius 1 is 1.38 bits per heavy atom. The molecule has 2 rings (SSSR count). The molecule has 16 heavy (non-hydrogen) atoms. The second-order valence-corrected chi connectivity index (χ2v) is 3.66. The second-order valence-electron chi connectivity index (χ2n) is 3.66. The van der Waals surface area contributed by atoms with Crippen LogP contribution in [-0.2, 0) is 4.74 Å². The van der Waals surface area contributed by atoms with E-state index in [9.17, 15) is 4.79 Å². The molecule has 1 N–H and O–H groups in total. The monoisotopic (exact) mass is 218 g/mol. The first-order chi connectivity index (χ1) is 7.72. The molecule has 1 aromatic rings. The molecule has 84 valence electrons. The highest BCUT2D eigenvalue weighted by atomic mass is 16.5. The molecular weight excluding hydrogens is 204 g/mol. The number of hydrogen-bond donors (Lipinski definition) is 1. The van der Waals surface area contributed by atoms with E-state index in [2.05, 4.69) is 16.2 Å². The van der Waals surface area contributed by atoms with E-state index in [-0.39, 0.29) is 12.0 Å². The van der Waals surface area contributed by atoms with Crippen molar-refractivity contribution in [3.05, 3.63) is 47.7 Å². The van der Waals surface area contributed by atoms with E-state index >= 15 is 0 Å². The van der Waals surface area contributed by atoms with Crippen LogP contribution in [0.5, 0.6) is 0 Å². The lowest BCUT2D eigenvalue weighted by molar-refractivity contribution is 0.0600. The lowest BCUT2D eigenvalue weighted by Gasteiger charge is -2.19. The van der Waals surface area contributed by atoms with Gasteiger partial charge >= 0.3 is 5.97 Å². The molecule has 0 aliphatic carbocycles. The van der Waals surface area contributed by atoms with Crippen molar-refractivity contribution < 1.29 is 9.53 Å². The summed E-state index contributed by atoms with van der Waals surface area (Å²) < 4.78 is 4.65. The van der Waals surface area contributed by atoms with Crippen molar-refractivity contribution in [3.8, 4) is 0 Å². The van der Waals surface area contributed by atoms with Crippen molar-refractivity contribution in [1.82, 2.24) is 10.4 Å². The van der Waals surface area contributed by atoms with Crippen molar-refractivity contribution in [1.29, 1.82) is 0 Å². The minimum Gasteiger partial charge on any atom is -0.465 e. The number of likely N-dealkylation sites (N-methyl/N-ethyl adjacent to an activating group) is 1. The Labute approximate surface area is 94.5 Å². The number of nitrogens with zero attached hydrogens (tertiary/aromatic N) is 1. The average molecular weight is 218 g/mol. The van der Waals surface area contributed by atoms with E-state index in [1.165, 1.54) is 7.11 Å². The molecule has 1 aromatic carbocycles. The van der Waals surface area contributed by atoms with Crippen LogP contribution in [0.15, 0.2) is 36.5 Å². The normalized spacial score (nSPS) is 19.5. The summed E-state index contributed by atoms with van der Waals surface area (Å²) in [5.74, 6) is -0.306. The fraction of sp³-hybridized carbons (Fsp3) is 0.250. The summed E-state index contributed by atoms with van der Waals surface area (Å²) in [5, 5.41) is 1.99. The molecular formula is C12H14N2O2. The highest BCUT2D eigenvalue weighted by Crippen LogP contribution is 2.22. The van der Waals surface area contributed by atoms with Crippen molar-refractivity contribution >= 4 is 5.97 Å². The summed E-state index contributed by atoms with van der Waals surface area (Å²) in [6.45, 7) is 0. The van der Waals surface area contributed by atoms with Crippen LogP contribution >= 0.6 is 0 Å². The molecule has 1 aliphatic heterocycles. The molecule has 0 saturated carbocycles. The number of nitrogens with one attached hydrogen (secondary N) is 1. The first-order valence-corrected chi connectivity index (χ1v) is 5.06. The van der Waals surface area contributed by atoms with Gasteiger partial charge in [0.2, 0.25) is 0 Å². The molecule has 4 heteroatoms. The van der Waals surface area contributed by atoms with Gasteiger partial charge in [0, 0.05) is 13.2 Å². The van der Waals surface area contributed by atoms with Gasteiger partial charge in [-0.05, 0) is 23.8 Å². The number of rotatable bonds is 2. The molecule has 0 aromatic heterocycles. The lowest BCUT2D eigenvalue weighted by atomic mass is 10.1. The van der Waals surface area contributed by atoms with Crippen LogP contribution in [0.1, 0.15) is 22.0 Å². The number of methoxy groups -OCH3 is 1. The molecule has 0 fully saturated rings. The van der Waals surface area contributed by atoms with Crippen molar-refractivity contribution in [2.24, 2.45) is 0 Å². The van der Waals surface area contributed by atoms with E-state index in [1.54, 1.807) is 12.1 Å². The quantitative estimate of drug-likeness (QED) is 0.763. The summed E-state index contributed by atoms with van der Waals surface area (Å²) in [4.78, 5) is 11.3. The Hall–Kier alpha value is -1.81. The van der Waals surface area contributed by atoms with Crippen LogP contribution in [0.25, 0.3) is 0 Å². The van der Waals surface area contributed by atoms with Crippen LogP contribution in [0.3, 0.4) is 0 Å². The van der Waals surface area contributed by atoms with Crippen molar-refractivity contribution in [2.45, 2.75) is 6.04 Å². The molecule has 1 atom stereocenters. The number of hydrazine groups is 1. The van der Waals surface area contributed by atoms with E-state index in [0.717, 1.165) is 5.56 Å². The number of esters is 1. The Balaban J connectivity index is 2.19. The van der Waals surface area contributed by atoms with Crippen LogP contribution in [0, 0.1) is 0 Å². The SMILES string of the molecule is COC(=O)c1ccc(C2C=CNN2C)cc1. The summed E-state index contributed by atoms with van der Waals surface area (Å²) in [6.07, 6.45) is 3.96. The number of hydrogen-bond acceptors (Lipinski definition) is 4. The predicted octanol–water partition coefficient (Wildman–Crippen LogP) is 1.48. The van der Waals surface area contributed by atoms with E-state index in [1.807, 2.05) is 30.4 Å². The summed E-state index contributed by atoms with van der Waals surface area (Å²) >= 11 is 0. The first-order valence-electron chi connectivity index (χ1n) is 5.06. The fourth-order valence-corrected chi connectivity index (χ4v) is 1.73. The number of benzene rings is 1. The molecule has 1 unspecified atom stereocenters. The largest absolute Gasteiger partial charge is 0.465 e. The maximum absolute atomic E-state index is 11.3. The van der Waals surface area contributed by atoms with Crippen molar-refractivity contribution in [2.75, 3.05) is 14.2 Å². The molecule has 1 heterocycles.